The highest BCUT2D eigenvalue weighted by Crippen LogP contribution is 2.11. The van der Waals surface area contributed by atoms with Crippen LogP contribution >= 0.6 is 0 Å². The molecule has 1 aromatic carbocycles. The third-order valence-electron chi connectivity index (χ3n) is 5.91. The predicted molar refractivity (Wildman–Crippen MR) is 150 cm³/mol. The summed E-state index contributed by atoms with van der Waals surface area (Å²) in [7, 11) is 0. The van der Waals surface area contributed by atoms with Crippen LogP contribution < -0.4 is 44.6 Å². The van der Waals surface area contributed by atoms with Crippen LogP contribution in [0.4, 0.5) is 0 Å². The van der Waals surface area contributed by atoms with E-state index in [1.807, 2.05) is 0 Å². The molecule has 0 aromatic heterocycles. The number of hydrogen-bond donors (Lipinski definition) is 10. The van der Waals surface area contributed by atoms with Gasteiger partial charge in [0.2, 0.25) is 23.6 Å². The molecule has 4 atom stereocenters. The second-order valence-corrected chi connectivity index (χ2v) is 9.40. The minimum absolute atomic E-state index is 0.00109. The summed E-state index contributed by atoms with van der Waals surface area (Å²) in [5.74, 6) is -4.78. The molecule has 0 saturated carbocycles. The van der Waals surface area contributed by atoms with Gasteiger partial charge in [-0.3, -0.25) is 24.2 Å². The lowest BCUT2D eigenvalue weighted by molar-refractivity contribution is -0.142. The van der Waals surface area contributed by atoms with E-state index in [2.05, 4.69) is 20.9 Å². The Bertz CT molecular complexity index is 1060. The lowest BCUT2D eigenvalue weighted by Gasteiger charge is -2.25. The van der Waals surface area contributed by atoms with Gasteiger partial charge in [-0.1, -0.05) is 12.1 Å². The number of benzene rings is 1. The Morgan fingerprint density at radius 3 is 1.93 bits per heavy atom. The summed E-state index contributed by atoms with van der Waals surface area (Å²) in [4.78, 5) is 66.1. The van der Waals surface area contributed by atoms with Crippen LogP contribution in [0.2, 0.25) is 0 Å². The number of nitrogens with two attached hydrogens (primary N) is 5. The molecule has 0 aliphatic heterocycles. The van der Waals surface area contributed by atoms with Crippen molar-refractivity contribution < 1.29 is 34.2 Å². The van der Waals surface area contributed by atoms with Gasteiger partial charge in [-0.25, -0.2) is 4.79 Å². The number of carboxylic acid groups (broad SMARTS) is 1. The summed E-state index contributed by atoms with van der Waals surface area (Å²) in [5.41, 5.74) is 28.0. The zero-order valence-corrected chi connectivity index (χ0v) is 22.8. The van der Waals surface area contributed by atoms with Crippen LogP contribution in [0.1, 0.15) is 44.1 Å². The average molecular weight is 580 g/mol. The molecule has 0 fully saturated rings. The number of phenolic OH excluding ortho intramolecular Hbond substituents is 1. The number of phenols is 1. The summed E-state index contributed by atoms with van der Waals surface area (Å²) < 4.78 is 0. The van der Waals surface area contributed by atoms with Gasteiger partial charge in [0.05, 0.1) is 12.5 Å². The molecule has 15 N–H and O–H groups in total. The molecular formula is C25H41N9O7. The standard InChI is InChI=1S/C25H41N9O7/c26-10-2-1-4-18(24(40)41)33-22(38)17(5-3-11-31-25(29)30)32-23(39)19(13-20(28)36)34-21(37)16(27)12-14-6-8-15(35)9-7-14/h6-9,16-19,35H,1-5,10-13,26-27H2,(H2,28,36)(H,32,39)(H,33,38)(H,34,37)(H,40,41)(H4,29,30,31). The Labute approximate surface area is 237 Å². The van der Waals surface area contributed by atoms with Crippen molar-refractivity contribution in [3.63, 3.8) is 0 Å². The van der Waals surface area contributed by atoms with Crippen molar-refractivity contribution in [3.8, 4) is 5.75 Å². The number of carbonyl (C=O) groups excluding carboxylic acids is 4. The molecule has 4 unspecified atom stereocenters. The molecule has 0 aliphatic rings. The normalized spacial score (nSPS) is 13.6. The van der Waals surface area contributed by atoms with Crippen molar-refractivity contribution in [2.75, 3.05) is 13.1 Å². The fourth-order valence-corrected chi connectivity index (χ4v) is 3.74. The number of carboxylic acids is 1. The number of nitrogens with zero attached hydrogens (tertiary/aromatic N) is 1. The SMILES string of the molecule is NCCCCC(NC(=O)C(CCCN=C(N)N)NC(=O)C(CC(N)=O)NC(=O)C(N)Cc1ccc(O)cc1)C(=O)O. The minimum atomic E-state index is -1.47. The minimum Gasteiger partial charge on any atom is -0.508 e. The fourth-order valence-electron chi connectivity index (χ4n) is 3.74. The number of primary amides is 1. The molecule has 4 amide bonds. The maximum absolute atomic E-state index is 13.1. The van der Waals surface area contributed by atoms with Crippen molar-refractivity contribution in [3.05, 3.63) is 29.8 Å². The molecule has 0 bridgehead atoms. The third-order valence-corrected chi connectivity index (χ3v) is 5.91. The molecule has 16 nitrogen and oxygen atoms in total. The summed E-state index contributed by atoms with van der Waals surface area (Å²) in [6.45, 7) is 0.476. The number of unbranched alkanes of at least 4 members (excludes halogenated alkanes) is 1. The largest absolute Gasteiger partial charge is 0.508 e. The Kier molecular flexibility index (Phi) is 15.2. The number of hydrogen-bond acceptors (Lipinski definition) is 9. The first-order valence-corrected chi connectivity index (χ1v) is 13.0. The van der Waals surface area contributed by atoms with E-state index in [1.165, 1.54) is 12.1 Å². The first kappa shape index (κ1) is 34.6. The Morgan fingerprint density at radius 1 is 0.805 bits per heavy atom. The molecule has 0 spiro atoms. The Balaban J connectivity index is 3.02. The van der Waals surface area contributed by atoms with Crippen LogP contribution in [-0.4, -0.2) is 83.0 Å². The molecule has 0 aliphatic carbocycles. The molecule has 228 valence electrons. The number of aliphatic carboxylic acids is 1. The van der Waals surface area contributed by atoms with E-state index >= 15 is 0 Å². The maximum Gasteiger partial charge on any atom is 0.326 e. The number of carbonyl (C=O) groups is 5. The van der Waals surface area contributed by atoms with Gasteiger partial charge < -0.3 is 54.8 Å². The zero-order valence-electron chi connectivity index (χ0n) is 22.8. The Hall–Kier alpha value is -4.44. The van der Waals surface area contributed by atoms with Gasteiger partial charge in [-0.15, -0.1) is 0 Å². The van der Waals surface area contributed by atoms with Crippen molar-refractivity contribution in [1.29, 1.82) is 0 Å². The van der Waals surface area contributed by atoms with Gasteiger partial charge in [0.15, 0.2) is 5.96 Å². The maximum atomic E-state index is 13.1. The molecule has 0 radical (unpaired) electrons. The second kappa shape index (κ2) is 18.0. The molecule has 1 rings (SSSR count). The molecule has 16 heteroatoms. The fraction of sp³-hybridized carbons (Fsp3) is 0.520. The number of rotatable bonds is 19. The van der Waals surface area contributed by atoms with Crippen molar-refractivity contribution >= 4 is 35.6 Å². The predicted octanol–water partition coefficient (Wildman–Crippen LogP) is -3.14. The van der Waals surface area contributed by atoms with E-state index in [9.17, 15) is 34.2 Å². The number of aliphatic imine (C=N–C) groups is 1. The van der Waals surface area contributed by atoms with Crippen LogP contribution in [0.25, 0.3) is 0 Å². The lowest BCUT2D eigenvalue weighted by Crippen LogP contribution is -2.58. The highest BCUT2D eigenvalue weighted by molar-refractivity contribution is 5.96. The van der Waals surface area contributed by atoms with Gasteiger partial charge in [0.25, 0.3) is 0 Å². The monoisotopic (exact) mass is 579 g/mol. The van der Waals surface area contributed by atoms with Crippen LogP contribution in [0.5, 0.6) is 5.75 Å². The lowest BCUT2D eigenvalue weighted by atomic mass is 10.0. The summed E-state index contributed by atoms with van der Waals surface area (Å²) in [6, 6.07) is 0.911. The first-order valence-electron chi connectivity index (χ1n) is 13.0. The summed E-state index contributed by atoms with van der Waals surface area (Å²) in [6.07, 6.45) is 0.823. The topological polar surface area (TPSA) is 304 Å². The Morgan fingerprint density at radius 2 is 1.37 bits per heavy atom. The highest BCUT2D eigenvalue weighted by atomic mass is 16.4. The first-order chi connectivity index (χ1) is 19.3. The smallest absolute Gasteiger partial charge is 0.326 e. The van der Waals surface area contributed by atoms with E-state index in [-0.39, 0.29) is 43.9 Å². The van der Waals surface area contributed by atoms with Crippen molar-refractivity contribution in [2.45, 2.75) is 69.1 Å². The second-order valence-electron chi connectivity index (χ2n) is 9.40. The number of aromatic hydroxyl groups is 1. The molecule has 1 aromatic rings. The molecule has 0 saturated heterocycles. The van der Waals surface area contributed by atoms with Gasteiger partial charge in [0, 0.05) is 6.54 Å². The molecular weight excluding hydrogens is 538 g/mol. The van der Waals surface area contributed by atoms with Gasteiger partial charge in [0.1, 0.15) is 23.9 Å². The molecule has 41 heavy (non-hydrogen) atoms. The van der Waals surface area contributed by atoms with Crippen LogP contribution in [0, 0.1) is 0 Å². The van der Waals surface area contributed by atoms with Crippen LogP contribution in [0.3, 0.4) is 0 Å². The summed E-state index contributed by atoms with van der Waals surface area (Å²) >= 11 is 0. The van der Waals surface area contributed by atoms with E-state index in [0.29, 0.717) is 24.9 Å². The van der Waals surface area contributed by atoms with Gasteiger partial charge >= 0.3 is 5.97 Å². The van der Waals surface area contributed by atoms with Gasteiger partial charge in [-0.05, 0) is 62.8 Å². The van der Waals surface area contributed by atoms with Crippen molar-refractivity contribution in [2.24, 2.45) is 33.7 Å². The van der Waals surface area contributed by atoms with E-state index < -0.39 is 60.2 Å². The van der Waals surface area contributed by atoms with E-state index in [0.717, 1.165) is 0 Å². The average Bonchev–Trinajstić information content (AvgIpc) is 2.89. The third kappa shape index (κ3) is 14.0. The number of guanidine groups is 1. The number of amides is 4. The highest BCUT2D eigenvalue weighted by Gasteiger charge is 2.31. The van der Waals surface area contributed by atoms with Crippen LogP contribution in [-0.2, 0) is 30.4 Å². The van der Waals surface area contributed by atoms with Crippen LogP contribution in [0.15, 0.2) is 29.3 Å². The van der Waals surface area contributed by atoms with Crippen molar-refractivity contribution in [1.82, 2.24) is 16.0 Å². The molecule has 0 heterocycles. The van der Waals surface area contributed by atoms with E-state index in [1.54, 1.807) is 12.1 Å². The number of nitrogens with one attached hydrogen (secondary N) is 3. The quantitative estimate of drug-likeness (QED) is 0.0443. The zero-order chi connectivity index (χ0) is 30.9. The van der Waals surface area contributed by atoms with Gasteiger partial charge in [-0.2, -0.15) is 0 Å². The van der Waals surface area contributed by atoms with E-state index in [4.69, 9.17) is 28.7 Å². The summed E-state index contributed by atoms with van der Waals surface area (Å²) in [5, 5.41) is 26.2.